The first-order chi connectivity index (χ1) is 18.7. The van der Waals surface area contributed by atoms with Gasteiger partial charge in [0.1, 0.15) is 18.5 Å². The van der Waals surface area contributed by atoms with Crippen LogP contribution in [-0.4, -0.2) is 22.7 Å². The first-order valence-corrected chi connectivity index (χ1v) is 15.0. The third-order valence-electron chi connectivity index (χ3n) is 7.17. The van der Waals surface area contributed by atoms with Crippen molar-refractivity contribution < 1.29 is 9.13 Å². The summed E-state index contributed by atoms with van der Waals surface area (Å²) < 4.78 is 19.8. The molecule has 0 saturated heterocycles. The van der Waals surface area contributed by atoms with Gasteiger partial charge in [-0.25, -0.2) is 14.4 Å². The van der Waals surface area contributed by atoms with Gasteiger partial charge >= 0.3 is 0 Å². The quantitative estimate of drug-likeness (QED) is 0.148. The van der Waals surface area contributed by atoms with Crippen molar-refractivity contribution in [3.05, 3.63) is 66.5 Å². The van der Waals surface area contributed by atoms with Crippen LogP contribution in [0, 0.1) is 0 Å². The van der Waals surface area contributed by atoms with Crippen LogP contribution in [0.15, 0.2) is 60.9 Å². The topological polar surface area (TPSA) is 35.0 Å². The lowest BCUT2D eigenvalue weighted by Crippen LogP contribution is -2.12. The number of unbranched alkanes of at least 4 members (excludes halogenated alkanes) is 10. The van der Waals surface area contributed by atoms with Gasteiger partial charge in [-0.05, 0) is 54.7 Å². The van der Waals surface area contributed by atoms with Gasteiger partial charge in [-0.1, -0.05) is 109 Å². The average molecular weight is 519 g/mol. The second kappa shape index (κ2) is 17.7. The number of halogens is 1. The minimum atomic E-state index is -0.915. The van der Waals surface area contributed by atoms with Crippen LogP contribution in [0.1, 0.15) is 103 Å². The Kier molecular flexibility index (Phi) is 13.9. The molecule has 0 spiro atoms. The Morgan fingerprint density at radius 1 is 0.632 bits per heavy atom. The highest BCUT2D eigenvalue weighted by molar-refractivity contribution is 5.64. The molecule has 0 aliphatic rings. The number of nitrogens with zero attached hydrogens (tertiary/aromatic N) is 2. The van der Waals surface area contributed by atoms with Gasteiger partial charge in [0.05, 0.1) is 0 Å². The summed E-state index contributed by atoms with van der Waals surface area (Å²) in [5, 5.41) is 0. The number of hydrogen-bond acceptors (Lipinski definition) is 3. The lowest BCUT2D eigenvalue weighted by Gasteiger charge is -2.11. The third-order valence-corrected chi connectivity index (χ3v) is 7.17. The summed E-state index contributed by atoms with van der Waals surface area (Å²) in [4.78, 5) is 9.17. The SMILES string of the molecule is CCCCCCCCc1ccc(-c2cnc(-c3ccc(OCC(F)CCCCCCCC)cc3)nc2)cc1. The first kappa shape index (κ1) is 29.8. The van der Waals surface area contributed by atoms with Gasteiger partial charge in [0, 0.05) is 23.5 Å². The molecule has 1 unspecified atom stereocenters. The van der Waals surface area contributed by atoms with Crippen LogP contribution in [0.2, 0.25) is 0 Å². The highest BCUT2D eigenvalue weighted by Crippen LogP contribution is 2.23. The Balaban J connectivity index is 1.41. The van der Waals surface area contributed by atoms with Gasteiger partial charge < -0.3 is 4.74 Å². The molecule has 0 radical (unpaired) electrons. The lowest BCUT2D eigenvalue weighted by atomic mass is 10.0. The molecule has 3 rings (SSSR count). The maximum atomic E-state index is 14.2. The maximum Gasteiger partial charge on any atom is 0.159 e. The number of alkyl halides is 1. The van der Waals surface area contributed by atoms with E-state index in [-0.39, 0.29) is 6.61 Å². The van der Waals surface area contributed by atoms with Crippen molar-refractivity contribution in [2.45, 2.75) is 110 Å². The third kappa shape index (κ3) is 10.9. The zero-order chi connectivity index (χ0) is 26.8. The van der Waals surface area contributed by atoms with Crippen LogP contribution >= 0.6 is 0 Å². The number of hydrogen-bond donors (Lipinski definition) is 0. The Morgan fingerprint density at radius 3 is 1.82 bits per heavy atom. The summed E-state index contributed by atoms with van der Waals surface area (Å²) in [6.07, 6.45) is 19.5. The van der Waals surface area contributed by atoms with E-state index in [1.165, 1.54) is 69.8 Å². The second-order valence-corrected chi connectivity index (χ2v) is 10.5. The molecule has 3 aromatic rings. The van der Waals surface area contributed by atoms with E-state index in [0.717, 1.165) is 36.0 Å². The van der Waals surface area contributed by atoms with Gasteiger partial charge in [0.15, 0.2) is 5.82 Å². The van der Waals surface area contributed by atoms with E-state index in [0.29, 0.717) is 18.0 Å². The van der Waals surface area contributed by atoms with Gasteiger partial charge in [-0.2, -0.15) is 0 Å². The number of aromatic nitrogens is 2. The van der Waals surface area contributed by atoms with Crippen molar-refractivity contribution in [1.82, 2.24) is 9.97 Å². The molecule has 206 valence electrons. The van der Waals surface area contributed by atoms with E-state index in [9.17, 15) is 4.39 Å². The standard InChI is InChI=1S/C34H47FN2O/c1-3-5-7-9-11-13-15-28-17-19-29(20-18-28)31-25-36-34(37-26-31)30-21-23-33(24-22-30)38-27-32(35)16-14-12-10-8-6-4-2/h17-26,32H,3-16,27H2,1-2H3. The Labute approximate surface area is 230 Å². The van der Waals surface area contributed by atoms with Crippen molar-refractivity contribution in [3.8, 4) is 28.3 Å². The number of rotatable bonds is 19. The zero-order valence-corrected chi connectivity index (χ0v) is 23.6. The van der Waals surface area contributed by atoms with Crippen LogP contribution in [-0.2, 0) is 6.42 Å². The summed E-state index contributed by atoms with van der Waals surface area (Å²) in [7, 11) is 0. The summed E-state index contributed by atoms with van der Waals surface area (Å²) >= 11 is 0. The summed E-state index contributed by atoms with van der Waals surface area (Å²) in [5.74, 6) is 1.35. The highest BCUT2D eigenvalue weighted by Gasteiger charge is 2.09. The van der Waals surface area contributed by atoms with Crippen LogP contribution in [0.4, 0.5) is 4.39 Å². The predicted octanol–water partition coefficient (Wildman–Crippen LogP) is 10.2. The van der Waals surface area contributed by atoms with Crippen LogP contribution in [0.5, 0.6) is 5.75 Å². The fourth-order valence-corrected chi connectivity index (χ4v) is 4.72. The van der Waals surface area contributed by atoms with Crippen molar-refractivity contribution >= 4 is 0 Å². The summed E-state index contributed by atoms with van der Waals surface area (Å²) in [5.41, 5.74) is 4.46. The molecule has 3 nitrogen and oxygen atoms in total. The number of benzene rings is 2. The average Bonchev–Trinajstić information content (AvgIpc) is 2.96. The van der Waals surface area contributed by atoms with Crippen molar-refractivity contribution in [3.63, 3.8) is 0 Å². The smallest absolute Gasteiger partial charge is 0.159 e. The largest absolute Gasteiger partial charge is 0.491 e. The Bertz CT molecular complexity index is 1000. The number of aryl methyl sites for hydroxylation is 1. The van der Waals surface area contributed by atoms with E-state index >= 15 is 0 Å². The molecule has 0 bridgehead atoms. The molecule has 1 atom stereocenters. The zero-order valence-electron chi connectivity index (χ0n) is 23.6. The van der Waals surface area contributed by atoms with Crippen molar-refractivity contribution in [2.75, 3.05) is 6.61 Å². The van der Waals surface area contributed by atoms with Crippen molar-refractivity contribution in [1.29, 1.82) is 0 Å². The molecular formula is C34H47FN2O. The monoisotopic (exact) mass is 518 g/mol. The molecule has 0 amide bonds. The van der Waals surface area contributed by atoms with Crippen LogP contribution < -0.4 is 4.74 Å². The molecule has 1 heterocycles. The molecule has 2 aromatic carbocycles. The molecule has 0 N–H and O–H groups in total. The minimum Gasteiger partial charge on any atom is -0.491 e. The molecule has 4 heteroatoms. The van der Waals surface area contributed by atoms with Gasteiger partial charge in [-0.3, -0.25) is 0 Å². The normalized spacial score (nSPS) is 12.0. The van der Waals surface area contributed by atoms with Gasteiger partial charge in [0.2, 0.25) is 0 Å². The summed E-state index contributed by atoms with van der Waals surface area (Å²) in [6.45, 7) is 4.58. The number of ether oxygens (including phenoxy) is 1. The second-order valence-electron chi connectivity index (χ2n) is 10.5. The first-order valence-electron chi connectivity index (χ1n) is 15.0. The van der Waals surface area contributed by atoms with Crippen LogP contribution in [0.3, 0.4) is 0 Å². The van der Waals surface area contributed by atoms with Crippen LogP contribution in [0.25, 0.3) is 22.5 Å². The van der Waals surface area contributed by atoms with Gasteiger partial charge in [0.25, 0.3) is 0 Å². The Morgan fingerprint density at radius 2 is 1.18 bits per heavy atom. The lowest BCUT2D eigenvalue weighted by molar-refractivity contribution is 0.184. The van der Waals surface area contributed by atoms with E-state index in [2.05, 4.69) is 48.1 Å². The fourth-order valence-electron chi connectivity index (χ4n) is 4.72. The molecule has 38 heavy (non-hydrogen) atoms. The maximum absolute atomic E-state index is 14.2. The summed E-state index contributed by atoms with van der Waals surface area (Å²) in [6, 6.07) is 16.4. The van der Waals surface area contributed by atoms with E-state index in [1.807, 2.05) is 36.7 Å². The fraction of sp³-hybridized carbons (Fsp3) is 0.529. The highest BCUT2D eigenvalue weighted by atomic mass is 19.1. The molecule has 0 aliphatic heterocycles. The molecular weight excluding hydrogens is 471 g/mol. The minimum absolute atomic E-state index is 0.108. The molecule has 0 saturated carbocycles. The molecule has 1 aromatic heterocycles. The molecule has 0 fully saturated rings. The van der Waals surface area contributed by atoms with E-state index in [4.69, 9.17) is 4.74 Å². The molecule has 0 aliphatic carbocycles. The van der Waals surface area contributed by atoms with Gasteiger partial charge in [-0.15, -0.1) is 0 Å². The van der Waals surface area contributed by atoms with E-state index < -0.39 is 6.17 Å². The van der Waals surface area contributed by atoms with Crippen molar-refractivity contribution in [2.24, 2.45) is 0 Å². The predicted molar refractivity (Wildman–Crippen MR) is 158 cm³/mol. The van der Waals surface area contributed by atoms with E-state index in [1.54, 1.807) is 0 Å². The Hall–Kier alpha value is -2.75.